The lowest BCUT2D eigenvalue weighted by molar-refractivity contribution is -0.157. The zero-order valence-corrected chi connectivity index (χ0v) is 19.2. The molecule has 34 heavy (non-hydrogen) atoms. The topological polar surface area (TPSA) is 84.9 Å². The maximum atomic E-state index is 13.7. The fourth-order valence-electron chi connectivity index (χ4n) is 4.28. The predicted molar refractivity (Wildman–Crippen MR) is 129 cm³/mol. The fraction of sp³-hybridized carbons (Fsp3) is 0.192. The summed E-state index contributed by atoms with van der Waals surface area (Å²) in [5.41, 5.74) is 1.74. The molecule has 5 rings (SSSR count). The summed E-state index contributed by atoms with van der Waals surface area (Å²) in [4.78, 5) is 40.9. The van der Waals surface area contributed by atoms with Gasteiger partial charge in [-0.25, -0.2) is 4.79 Å². The van der Waals surface area contributed by atoms with Crippen LogP contribution in [0.1, 0.15) is 24.5 Å². The Bertz CT molecular complexity index is 1260. The van der Waals surface area contributed by atoms with E-state index < -0.39 is 22.9 Å². The Labute approximate surface area is 201 Å². The number of para-hydroxylation sites is 1. The van der Waals surface area contributed by atoms with Crippen LogP contribution in [-0.4, -0.2) is 29.8 Å². The van der Waals surface area contributed by atoms with Gasteiger partial charge in [-0.1, -0.05) is 60.3 Å². The zero-order valence-electron chi connectivity index (χ0n) is 18.4. The molecule has 0 unspecified atom stereocenters. The van der Waals surface area contributed by atoms with E-state index in [1.807, 2.05) is 30.3 Å². The van der Waals surface area contributed by atoms with E-state index in [1.165, 1.54) is 16.7 Å². The largest absolute Gasteiger partial charge is 0.497 e. The number of nitrogens with one attached hydrogen (secondary N) is 1. The minimum atomic E-state index is -1.22. The minimum Gasteiger partial charge on any atom is -0.497 e. The highest BCUT2D eigenvalue weighted by atomic mass is 32.2. The predicted octanol–water partition coefficient (Wildman–Crippen LogP) is 4.55. The van der Waals surface area contributed by atoms with Gasteiger partial charge in [0.05, 0.1) is 12.8 Å². The van der Waals surface area contributed by atoms with Crippen molar-refractivity contribution in [3.63, 3.8) is 0 Å². The first-order valence-corrected chi connectivity index (χ1v) is 11.7. The van der Waals surface area contributed by atoms with Gasteiger partial charge in [-0.3, -0.25) is 14.5 Å². The van der Waals surface area contributed by atoms with Crippen molar-refractivity contribution in [1.82, 2.24) is 0 Å². The zero-order chi connectivity index (χ0) is 23.7. The third kappa shape index (κ3) is 3.80. The van der Waals surface area contributed by atoms with Gasteiger partial charge in [0.25, 0.3) is 5.91 Å². The van der Waals surface area contributed by atoms with E-state index >= 15 is 0 Å². The first kappa shape index (κ1) is 22.0. The molecule has 2 amide bonds. The molecule has 1 N–H and O–H groups in total. The standard InChI is InChI=1S/C26H22N2O5S/c1-32-19-11-7-10-18(16-19)27-24(30)23(17-8-3-2-4-9-17)33-25(31)26-15-14-22(29)28(26)20-12-5-6-13-21(20)34-26/h2-13,16,23H,14-15H2,1H3,(H,27,30)/t23-,26-/m1/s1. The second-order valence-corrected chi connectivity index (χ2v) is 9.32. The first-order valence-electron chi connectivity index (χ1n) is 10.8. The van der Waals surface area contributed by atoms with Crippen molar-refractivity contribution in [3.05, 3.63) is 84.4 Å². The normalized spacial score (nSPS) is 19.2. The smallest absolute Gasteiger partial charge is 0.344 e. The van der Waals surface area contributed by atoms with Crippen LogP contribution in [-0.2, 0) is 19.1 Å². The van der Waals surface area contributed by atoms with Gasteiger partial charge in [-0.05, 0) is 24.3 Å². The molecule has 0 aliphatic carbocycles. The number of rotatable bonds is 6. The van der Waals surface area contributed by atoms with Crippen LogP contribution in [0.4, 0.5) is 11.4 Å². The number of esters is 1. The van der Waals surface area contributed by atoms with Gasteiger partial charge in [0.1, 0.15) is 5.75 Å². The first-order chi connectivity index (χ1) is 16.5. The number of hydrogen-bond acceptors (Lipinski definition) is 6. The molecule has 2 heterocycles. The number of anilines is 2. The quantitative estimate of drug-likeness (QED) is 0.528. The van der Waals surface area contributed by atoms with Gasteiger partial charge in [-0.2, -0.15) is 0 Å². The number of thioether (sulfide) groups is 1. The molecule has 2 atom stereocenters. The average Bonchev–Trinajstić information content (AvgIpc) is 3.38. The summed E-state index contributed by atoms with van der Waals surface area (Å²) >= 11 is 1.31. The number of nitrogens with zero attached hydrogens (tertiary/aromatic N) is 1. The Kier molecular flexibility index (Phi) is 5.75. The number of carbonyl (C=O) groups is 3. The Morgan fingerprint density at radius 1 is 1.03 bits per heavy atom. The molecular formula is C26H22N2O5S. The van der Waals surface area contributed by atoms with Crippen LogP contribution in [0.25, 0.3) is 0 Å². The maximum absolute atomic E-state index is 13.7. The highest BCUT2D eigenvalue weighted by Crippen LogP contribution is 2.56. The van der Waals surface area contributed by atoms with Gasteiger partial charge in [-0.15, -0.1) is 0 Å². The summed E-state index contributed by atoms with van der Waals surface area (Å²) in [6, 6.07) is 23.2. The second kappa shape index (κ2) is 8.87. The van der Waals surface area contributed by atoms with Crippen LogP contribution in [0, 0.1) is 0 Å². The highest BCUT2D eigenvalue weighted by Gasteiger charge is 2.59. The summed E-state index contributed by atoms with van der Waals surface area (Å²) in [5, 5.41) is 2.81. The van der Waals surface area contributed by atoms with Crippen molar-refractivity contribution in [2.75, 3.05) is 17.3 Å². The Morgan fingerprint density at radius 2 is 1.79 bits per heavy atom. The van der Waals surface area contributed by atoms with E-state index in [2.05, 4.69) is 5.32 Å². The van der Waals surface area contributed by atoms with Gasteiger partial charge in [0.2, 0.25) is 12.0 Å². The number of hydrogen-bond donors (Lipinski definition) is 1. The number of amides is 2. The molecule has 172 valence electrons. The van der Waals surface area contributed by atoms with Gasteiger partial charge in [0.15, 0.2) is 4.87 Å². The minimum absolute atomic E-state index is 0.133. The van der Waals surface area contributed by atoms with Crippen LogP contribution >= 0.6 is 11.8 Å². The Morgan fingerprint density at radius 3 is 2.59 bits per heavy atom. The third-order valence-corrected chi connectivity index (χ3v) is 7.35. The van der Waals surface area contributed by atoms with E-state index in [-0.39, 0.29) is 12.3 Å². The molecule has 3 aromatic carbocycles. The molecular weight excluding hydrogens is 452 g/mol. The van der Waals surface area contributed by atoms with Crippen molar-refractivity contribution in [3.8, 4) is 5.75 Å². The summed E-state index contributed by atoms with van der Waals surface area (Å²) < 4.78 is 11.1. The number of methoxy groups -OCH3 is 1. The van der Waals surface area contributed by atoms with Crippen molar-refractivity contribution < 1.29 is 23.9 Å². The van der Waals surface area contributed by atoms with Crippen LogP contribution < -0.4 is 15.0 Å². The molecule has 2 aliphatic rings. The Balaban J connectivity index is 1.44. The van der Waals surface area contributed by atoms with E-state index in [0.29, 0.717) is 29.1 Å². The molecule has 8 heteroatoms. The van der Waals surface area contributed by atoms with Crippen molar-refractivity contribution in [1.29, 1.82) is 0 Å². The number of benzene rings is 3. The highest BCUT2D eigenvalue weighted by molar-refractivity contribution is 8.02. The molecule has 0 spiro atoms. The number of ether oxygens (including phenoxy) is 2. The monoisotopic (exact) mass is 474 g/mol. The molecule has 0 saturated carbocycles. The Hall–Kier alpha value is -3.78. The molecule has 2 aliphatic heterocycles. The van der Waals surface area contributed by atoms with Crippen LogP contribution in [0.2, 0.25) is 0 Å². The SMILES string of the molecule is COc1cccc(NC(=O)[C@H](OC(=O)[C@]23CCC(=O)N2c2ccccc2S3)c2ccccc2)c1. The average molecular weight is 475 g/mol. The van der Waals surface area contributed by atoms with E-state index in [0.717, 1.165) is 4.90 Å². The lowest BCUT2D eigenvalue weighted by Gasteiger charge is -2.30. The summed E-state index contributed by atoms with van der Waals surface area (Å²) in [5.74, 6) is -0.661. The van der Waals surface area contributed by atoms with Crippen molar-refractivity contribution >= 4 is 40.9 Å². The summed E-state index contributed by atoms with van der Waals surface area (Å²) in [6.07, 6.45) is -0.651. The van der Waals surface area contributed by atoms with Gasteiger partial charge in [0, 0.05) is 35.1 Å². The molecule has 7 nitrogen and oxygen atoms in total. The molecule has 0 radical (unpaired) electrons. The molecule has 3 aromatic rings. The summed E-state index contributed by atoms with van der Waals surface area (Å²) in [6.45, 7) is 0. The fourth-order valence-corrected chi connectivity index (χ4v) is 5.68. The molecule has 0 aromatic heterocycles. The molecule has 1 saturated heterocycles. The van der Waals surface area contributed by atoms with Gasteiger partial charge >= 0.3 is 5.97 Å². The lowest BCUT2D eigenvalue weighted by Crippen LogP contribution is -2.48. The molecule has 0 bridgehead atoms. The lowest BCUT2D eigenvalue weighted by atomic mass is 10.1. The van der Waals surface area contributed by atoms with Crippen molar-refractivity contribution in [2.24, 2.45) is 0 Å². The number of fused-ring (bicyclic) bond motifs is 3. The maximum Gasteiger partial charge on any atom is 0.344 e. The van der Waals surface area contributed by atoms with Crippen LogP contribution in [0.5, 0.6) is 5.75 Å². The third-order valence-electron chi connectivity index (χ3n) is 5.89. The van der Waals surface area contributed by atoms with E-state index in [9.17, 15) is 14.4 Å². The van der Waals surface area contributed by atoms with Crippen LogP contribution in [0.15, 0.2) is 83.8 Å². The van der Waals surface area contributed by atoms with Crippen molar-refractivity contribution in [2.45, 2.75) is 28.7 Å². The van der Waals surface area contributed by atoms with E-state index in [4.69, 9.17) is 9.47 Å². The molecule has 1 fully saturated rings. The second-order valence-electron chi connectivity index (χ2n) is 8.00. The van der Waals surface area contributed by atoms with E-state index in [1.54, 1.807) is 55.6 Å². The van der Waals surface area contributed by atoms with Gasteiger partial charge < -0.3 is 14.8 Å². The van der Waals surface area contributed by atoms with Crippen LogP contribution in [0.3, 0.4) is 0 Å². The number of carbonyl (C=O) groups excluding carboxylic acids is 3. The summed E-state index contributed by atoms with van der Waals surface area (Å²) in [7, 11) is 1.54.